The summed E-state index contributed by atoms with van der Waals surface area (Å²) in [7, 11) is -2.67. The van der Waals surface area contributed by atoms with E-state index in [-0.39, 0.29) is 48.3 Å². The molecule has 0 bridgehead atoms. The van der Waals surface area contributed by atoms with Crippen LogP contribution in [-0.2, 0) is 57.3 Å². The molecule has 7 rings (SSSR count). The highest BCUT2D eigenvalue weighted by molar-refractivity contribution is 6.31. The molecule has 1 aliphatic rings. The Bertz CT molecular complexity index is 2330. The Morgan fingerprint density at radius 2 is 1.14 bits per heavy atom. The minimum absolute atomic E-state index is 0.0621. The monoisotopic (exact) mass is 771 g/mol. The van der Waals surface area contributed by atoms with E-state index in [1.54, 1.807) is 24.3 Å². The molecule has 56 heavy (non-hydrogen) atoms. The fraction of sp³-hybridized carbons (Fsp3) is 0.224. The first kappa shape index (κ1) is 33.1. The third kappa shape index (κ3) is 10.0. The molecule has 0 amide bonds. The summed E-state index contributed by atoms with van der Waals surface area (Å²) in [5.41, 5.74) is 2.92. The van der Waals surface area contributed by atoms with Crippen molar-refractivity contribution in [3.8, 4) is 5.75 Å². The molecule has 0 aromatic heterocycles. The first-order valence-corrected chi connectivity index (χ1v) is 18.9. The summed E-state index contributed by atoms with van der Waals surface area (Å²) >= 11 is 6.80. The van der Waals surface area contributed by atoms with Crippen molar-refractivity contribution in [1.82, 2.24) is 0 Å². The highest BCUT2D eigenvalue weighted by Gasteiger charge is 2.52. The van der Waals surface area contributed by atoms with Crippen molar-refractivity contribution in [2.24, 2.45) is 0 Å². The zero-order valence-corrected chi connectivity index (χ0v) is 31.6. The SMILES string of the molecule is [2H]C([2H])([2H])Oc1ccc(C([2H])([2H])c2cc([C@]3(O)C=C(COCc4ccccc4)[C@@H](OCc4ccccc4)[C@H](OCc4ccccc4)[C@H]3OCc3ccccc3)ccc2Cl)cc1. The van der Waals surface area contributed by atoms with Crippen molar-refractivity contribution >= 4 is 11.6 Å². The molecule has 4 atom stereocenters. The molecule has 6 nitrogen and oxygen atoms in total. The number of benzene rings is 6. The molecule has 286 valence electrons. The molecule has 1 N–H and O–H groups in total. The van der Waals surface area contributed by atoms with Crippen LogP contribution in [0.1, 0.15) is 45.8 Å². The predicted octanol–water partition coefficient (Wildman–Crippen LogP) is 10.0. The van der Waals surface area contributed by atoms with Crippen molar-refractivity contribution in [3.05, 3.63) is 219 Å². The summed E-state index contributed by atoms with van der Waals surface area (Å²) < 4.78 is 72.9. The normalized spacial score (nSPS) is 21.1. The predicted molar refractivity (Wildman–Crippen MR) is 220 cm³/mol. The van der Waals surface area contributed by atoms with E-state index >= 15 is 0 Å². The Hall–Kier alpha value is -5.05. The summed E-state index contributed by atoms with van der Waals surface area (Å²) in [5.74, 6) is 0.0621. The topological polar surface area (TPSA) is 66.4 Å². The van der Waals surface area contributed by atoms with Crippen LogP contribution in [0.3, 0.4) is 0 Å². The number of methoxy groups -OCH3 is 1. The minimum Gasteiger partial charge on any atom is -0.497 e. The van der Waals surface area contributed by atoms with Gasteiger partial charge in [-0.15, -0.1) is 0 Å². The van der Waals surface area contributed by atoms with E-state index in [4.69, 9.17) is 39.4 Å². The van der Waals surface area contributed by atoms with Gasteiger partial charge in [0.15, 0.2) is 0 Å². The maximum absolute atomic E-state index is 13.4. The van der Waals surface area contributed by atoms with Gasteiger partial charge in [0, 0.05) is 7.76 Å². The molecule has 6 aromatic carbocycles. The zero-order valence-electron chi connectivity index (χ0n) is 35.8. The second-order valence-corrected chi connectivity index (χ2v) is 14.1. The average Bonchev–Trinajstić information content (AvgIpc) is 3.26. The van der Waals surface area contributed by atoms with Crippen LogP contribution in [0.2, 0.25) is 5.02 Å². The Kier molecular flexibility index (Phi) is 11.4. The smallest absolute Gasteiger partial charge is 0.137 e. The fourth-order valence-electron chi connectivity index (χ4n) is 6.82. The maximum Gasteiger partial charge on any atom is 0.137 e. The summed E-state index contributed by atoms with van der Waals surface area (Å²) in [4.78, 5) is 0. The maximum atomic E-state index is 13.4. The van der Waals surface area contributed by atoms with Crippen LogP contribution in [0.15, 0.2) is 175 Å². The van der Waals surface area contributed by atoms with E-state index in [0.29, 0.717) is 17.7 Å². The first-order chi connectivity index (χ1) is 29.4. The van der Waals surface area contributed by atoms with Gasteiger partial charge in [0.2, 0.25) is 0 Å². The number of halogens is 1. The highest BCUT2D eigenvalue weighted by Crippen LogP contribution is 2.42. The largest absolute Gasteiger partial charge is 0.497 e. The Labute approximate surface area is 341 Å². The van der Waals surface area contributed by atoms with E-state index in [2.05, 4.69) is 0 Å². The second-order valence-electron chi connectivity index (χ2n) is 13.7. The molecule has 0 spiro atoms. The number of hydrogen-bond acceptors (Lipinski definition) is 6. The summed E-state index contributed by atoms with van der Waals surface area (Å²) in [6.07, 6.45) is -3.28. The lowest BCUT2D eigenvalue weighted by atomic mass is 9.75. The lowest BCUT2D eigenvalue weighted by Gasteiger charge is -2.46. The lowest BCUT2D eigenvalue weighted by Crippen LogP contribution is -2.57. The van der Waals surface area contributed by atoms with Gasteiger partial charge in [0.25, 0.3) is 0 Å². The molecule has 1 aliphatic carbocycles. The van der Waals surface area contributed by atoms with Crippen LogP contribution in [0, 0.1) is 0 Å². The third-order valence-corrected chi connectivity index (χ3v) is 10.0. The molecule has 0 unspecified atom stereocenters. The molecular formula is C49H47ClO6. The first-order valence-electron chi connectivity index (χ1n) is 21.0. The van der Waals surface area contributed by atoms with Crippen LogP contribution in [0.25, 0.3) is 0 Å². The molecule has 6 aromatic rings. The Balaban J connectivity index is 1.34. The van der Waals surface area contributed by atoms with Gasteiger partial charge in [-0.25, -0.2) is 0 Å². The van der Waals surface area contributed by atoms with Crippen LogP contribution in [-0.4, -0.2) is 37.1 Å². The van der Waals surface area contributed by atoms with Gasteiger partial charge in [0.1, 0.15) is 29.7 Å². The van der Waals surface area contributed by atoms with Crippen LogP contribution >= 0.6 is 11.6 Å². The van der Waals surface area contributed by atoms with Gasteiger partial charge in [-0.1, -0.05) is 157 Å². The highest BCUT2D eigenvalue weighted by atomic mass is 35.5. The minimum atomic E-state index is -2.67. The van der Waals surface area contributed by atoms with E-state index in [0.717, 1.165) is 22.3 Å². The zero-order chi connectivity index (χ0) is 42.9. The van der Waals surface area contributed by atoms with Gasteiger partial charge in [-0.3, -0.25) is 0 Å². The van der Waals surface area contributed by atoms with Gasteiger partial charge in [-0.2, -0.15) is 0 Å². The molecule has 7 heteroatoms. The van der Waals surface area contributed by atoms with Crippen LogP contribution in [0.4, 0.5) is 0 Å². The number of rotatable bonds is 17. The van der Waals surface area contributed by atoms with Gasteiger partial charge in [0.05, 0.1) is 44.2 Å². The molecule has 0 saturated heterocycles. The summed E-state index contributed by atoms with van der Waals surface area (Å²) in [5, 5.41) is 13.5. The number of ether oxygens (including phenoxy) is 5. The van der Waals surface area contributed by atoms with Crippen molar-refractivity contribution < 1.29 is 35.6 Å². The second kappa shape index (κ2) is 19.2. The van der Waals surface area contributed by atoms with E-state index in [1.807, 2.05) is 121 Å². The third-order valence-electron chi connectivity index (χ3n) is 9.69. The van der Waals surface area contributed by atoms with Crippen molar-refractivity contribution in [2.75, 3.05) is 13.6 Å². The lowest BCUT2D eigenvalue weighted by molar-refractivity contribution is -0.204. The average molecular weight is 772 g/mol. The van der Waals surface area contributed by atoms with Crippen molar-refractivity contribution in [2.45, 2.75) is 56.7 Å². The van der Waals surface area contributed by atoms with Crippen LogP contribution in [0.5, 0.6) is 5.75 Å². The molecule has 0 aliphatic heterocycles. The van der Waals surface area contributed by atoms with Gasteiger partial charge < -0.3 is 28.8 Å². The molecular weight excluding hydrogens is 720 g/mol. The molecule has 0 saturated carbocycles. The Morgan fingerprint density at radius 1 is 0.607 bits per heavy atom. The van der Waals surface area contributed by atoms with Crippen molar-refractivity contribution in [1.29, 1.82) is 0 Å². The summed E-state index contributed by atoms with van der Waals surface area (Å²) in [6.45, 7) is 0.889. The number of hydrogen-bond donors (Lipinski definition) is 1. The van der Waals surface area contributed by atoms with E-state index in [1.165, 1.54) is 24.3 Å². The van der Waals surface area contributed by atoms with E-state index in [9.17, 15) is 7.85 Å². The van der Waals surface area contributed by atoms with Gasteiger partial charge in [-0.05, 0) is 75.2 Å². The summed E-state index contributed by atoms with van der Waals surface area (Å²) in [6, 6.07) is 49.4. The quantitative estimate of drug-likeness (QED) is 0.0932. The van der Waals surface area contributed by atoms with Gasteiger partial charge >= 0.3 is 0 Å². The standard InChI is InChI=1S/C49H47ClO6/c1-52-44-25-22-36(23-26-44)28-41-29-43(24-27-45(41)50)49(51)30-42(35-53-31-37-14-6-2-7-15-37)46(54-32-38-16-8-3-9-17-38)47(55-33-39-18-10-4-11-19-39)48(49)56-34-40-20-12-5-13-21-40/h2-27,29-30,46-48,51H,28,31-35H2,1H3/t46-,47+,48-,49-/m1/s1/i1D3,28D2. The Morgan fingerprint density at radius 3 is 1.71 bits per heavy atom. The number of aliphatic hydroxyl groups is 1. The molecule has 0 heterocycles. The van der Waals surface area contributed by atoms with Crippen LogP contribution < -0.4 is 4.74 Å². The fourth-order valence-corrected chi connectivity index (χ4v) is 6.98. The van der Waals surface area contributed by atoms with Crippen molar-refractivity contribution in [3.63, 3.8) is 0 Å². The van der Waals surface area contributed by atoms with E-state index < -0.39 is 37.3 Å². The molecule has 0 radical (unpaired) electrons. The molecule has 0 fully saturated rings.